The van der Waals surface area contributed by atoms with E-state index in [2.05, 4.69) is 290 Å². The number of benzene rings is 10. The molecule has 0 unspecified atom stereocenters. The summed E-state index contributed by atoms with van der Waals surface area (Å²) in [5, 5.41) is 0. The summed E-state index contributed by atoms with van der Waals surface area (Å²) >= 11 is 0. The van der Waals surface area contributed by atoms with Gasteiger partial charge in [-0.15, -0.1) is 0 Å². The normalized spacial score (nSPS) is 11.0. The zero-order chi connectivity index (χ0) is 44.8. The summed E-state index contributed by atoms with van der Waals surface area (Å²) in [4.78, 5) is 6.98. The van der Waals surface area contributed by atoms with Crippen LogP contribution in [0.25, 0.3) is 33.4 Å². The third kappa shape index (κ3) is 9.01. The predicted molar refractivity (Wildman–Crippen MR) is 281 cm³/mol. The molecular weight excluding hydrogens is 799 g/mol. The minimum atomic E-state index is 1.10. The van der Waals surface area contributed by atoms with E-state index in [-0.39, 0.29) is 0 Å². The quantitative estimate of drug-likeness (QED) is 0.121. The fourth-order valence-electron chi connectivity index (χ4n) is 8.91. The molecule has 0 atom stereocenters. The van der Waals surface area contributed by atoms with Crippen molar-refractivity contribution in [1.82, 2.24) is 0 Å². The molecule has 0 aliphatic heterocycles. The Morgan fingerprint density at radius 1 is 0.182 bits per heavy atom. The average Bonchev–Trinajstić information content (AvgIpc) is 3.36. The largest absolute Gasteiger partial charge is 0.310 e. The number of hydrogen-bond acceptors (Lipinski definition) is 3. The monoisotopic (exact) mass is 849 g/mol. The smallest absolute Gasteiger partial charge is 0.0464 e. The average molecular weight is 850 g/mol. The van der Waals surface area contributed by atoms with Crippen molar-refractivity contribution in [2.24, 2.45) is 0 Å². The summed E-state index contributed by atoms with van der Waals surface area (Å²) in [6, 6.07) is 91.9. The highest BCUT2D eigenvalue weighted by molar-refractivity contribution is 5.86. The van der Waals surface area contributed by atoms with Crippen molar-refractivity contribution in [3.05, 3.63) is 271 Å². The van der Waals surface area contributed by atoms with Gasteiger partial charge in [-0.25, -0.2) is 0 Å². The van der Waals surface area contributed by atoms with Crippen LogP contribution >= 0.6 is 0 Å². The molecule has 10 aromatic carbocycles. The van der Waals surface area contributed by atoms with Crippen LogP contribution in [-0.4, -0.2) is 0 Å². The van der Waals surface area contributed by atoms with E-state index < -0.39 is 0 Å². The van der Waals surface area contributed by atoms with Gasteiger partial charge in [-0.1, -0.05) is 127 Å². The van der Waals surface area contributed by atoms with Gasteiger partial charge in [-0.3, -0.25) is 0 Å². The number of anilines is 9. The fraction of sp³-hybridized carbons (Fsp3) is 0.0476. The van der Waals surface area contributed by atoms with Crippen LogP contribution < -0.4 is 14.7 Å². The van der Waals surface area contributed by atoms with Gasteiger partial charge in [0.05, 0.1) is 0 Å². The van der Waals surface area contributed by atoms with Crippen molar-refractivity contribution in [1.29, 1.82) is 0 Å². The molecule has 3 nitrogen and oxygen atoms in total. The van der Waals surface area contributed by atoms with Gasteiger partial charge in [0.2, 0.25) is 0 Å². The Labute approximate surface area is 389 Å². The molecule has 0 spiro atoms. The number of rotatable bonds is 12. The van der Waals surface area contributed by atoms with Gasteiger partial charge in [0.25, 0.3) is 0 Å². The minimum Gasteiger partial charge on any atom is -0.310 e. The van der Waals surface area contributed by atoms with Crippen molar-refractivity contribution >= 4 is 51.2 Å². The van der Waals surface area contributed by atoms with Crippen molar-refractivity contribution in [3.8, 4) is 33.4 Å². The van der Waals surface area contributed by atoms with E-state index in [1.54, 1.807) is 0 Å². The number of hydrogen-bond donors (Lipinski definition) is 0. The molecule has 0 saturated heterocycles. The van der Waals surface area contributed by atoms with E-state index in [0.717, 1.165) is 84.6 Å². The number of nitrogens with zero attached hydrogens (tertiary/aromatic N) is 3. The lowest BCUT2D eigenvalue weighted by Gasteiger charge is -2.26. The molecule has 66 heavy (non-hydrogen) atoms. The van der Waals surface area contributed by atoms with Crippen LogP contribution in [0.2, 0.25) is 0 Å². The number of para-hydroxylation sites is 3. The third-order valence-corrected chi connectivity index (χ3v) is 12.1. The van der Waals surface area contributed by atoms with Crippen LogP contribution in [-0.2, 0) is 0 Å². The second-order valence-electron chi connectivity index (χ2n) is 17.0. The Balaban J connectivity index is 1.06. The first-order chi connectivity index (χ1) is 32.4. The molecule has 0 saturated carbocycles. The first kappa shape index (κ1) is 41.6. The minimum absolute atomic E-state index is 1.10. The highest BCUT2D eigenvalue weighted by Gasteiger charge is 2.17. The second kappa shape index (κ2) is 18.8. The van der Waals surface area contributed by atoms with Gasteiger partial charge in [-0.05, 0) is 198 Å². The maximum Gasteiger partial charge on any atom is 0.0464 e. The van der Waals surface area contributed by atoms with Gasteiger partial charge in [0.1, 0.15) is 0 Å². The Hall–Kier alpha value is -8.40. The van der Waals surface area contributed by atoms with E-state index in [4.69, 9.17) is 0 Å². The summed E-state index contributed by atoms with van der Waals surface area (Å²) in [5.74, 6) is 0. The lowest BCUT2D eigenvalue weighted by Crippen LogP contribution is -2.10. The van der Waals surface area contributed by atoms with E-state index in [1.165, 1.54) is 16.7 Å². The molecule has 318 valence electrons. The molecule has 0 radical (unpaired) electrons. The van der Waals surface area contributed by atoms with Crippen LogP contribution in [0.1, 0.15) is 16.7 Å². The lowest BCUT2D eigenvalue weighted by molar-refractivity contribution is 1.27. The number of aryl methyl sites for hydroxylation is 3. The molecule has 0 aromatic heterocycles. The molecule has 0 bridgehead atoms. The Kier molecular flexibility index (Phi) is 11.8. The van der Waals surface area contributed by atoms with Gasteiger partial charge in [0, 0.05) is 51.2 Å². The summed E-state index contributed by atoms with van der Waals surface area (Å²) < 4.78 is 0. The molecular formula is C63H51N3. The van der Waals surface area contributed by atoms with Crippen LogP contribution in [0, 0.1) is 20.8 Å². The Morgan fingerprint density at radius 3 is 0.652 bits per heavy atom. The highest BCUT2D eigenvalue weighted by atomic mass is 15.2. The summed E-state index contributed by atoms with van der Waals surface area (Å²) in [6.07, 6.45) is 0. The molecule has 3 heteroatoms. The fourth-order valence-corrected chi connectivity index (χ4v) is 8.91. The topological polar surface area (TPSA) is 9.72 Å². The second-order valence-corrected chi connectivity index (χ2v) is 17.0. The molecule has 0 amide bonds. The van der Waals surface area contributed by atoms with E-state index >= 15 is 0 Å². The van der Waals surface area contributed by atoms with Crippen LogP contribution in [0.4, 0.5) is 51.2 Å². The molecule has 0 fully saturated rings. The SMILES string of the molecule is Cc1cccc(N(c2ccccc2)c2ccc(-c3cc(-c4ccc(N(c5ccccc5)c5cccc(C)c5)cc4)cc(-c4ccc(N(c5ccccc5)c5cccc(C)c5)cc4)c3)cc2)c1. The summed E-state index contributed by atoms with van der Waals surface area (Å²) in [7, 11) is 0. The molecule has 0 heterocycles. The molecule has 10 aromatic rings. The van der Waals surface area contributed by atoms with Gasteiger partial charge < -0.3 is 14.7 Å². The van der Waals surface area contributed by atoms with Crippen molar-refractivity contribution < 1.29 is 0 Å². The summed E-state index contributed by atoms with van der Waals surface area (Å²) in [5.41, 5.74) is 20.6. The molecule has 10 rings (SSSR count). The third-order valence-electron chi connectivity index (χ3n) is 12.1. The maximum absolute atomic E-state index is 2.34. The van der Waals surface area contributed by atoms with Gasteiger partial charge in [0.15, 0.2) is 0 Å². The van der Waals surface area contributed by atoms with Crippen LogP contribution in [0.15, 0.2) is 255 Å². The van der Waals surface area contributed by atoms with Gasteiger partial charge in [-0.2, -0.15) is 0 Å². The highest BCUT2D eigenvalue weighted by Crippen LogP contribution is 2.41. The van der Waals surface area contributed by atoms with Crippen molar-refractivity contribution in [2.75, 3.05) is 14.7 Å². The first-order valence-corrected chi connectivity index (χ1v) is 22.7. The standard InChI is InChI=1S/C63H51N3/c1-46-16-13-25-61(40-46)64(55-19-7-4-8-20-55)58-34-28-49(29-35-58)52-43-53(50-30-36-59(37-31-50)65(56-21-9-5-10-22-56)62-26-14-17-47(2)41-62)45-54(44-52)51-32-38-60(39-33-51)66(57-23-11-6-12-24-57)63-27-15-18-48(3)42-63/h4-45H,1-3H3. The maximum atomic E-state index is 2.34. The van der Waals surface area contributed by atoms with Crippen molar-refractivity contribution in [3.63, 3.8) is 0 Å². The van der Waals surface area contributed by atoms with E-state index in [0.29, 0.717) is 0 Å². The zero-order valence-corrected chi connectivity index (χ0v) is 37.6. The molecule has 0 N–H and O–H groups in total. The van der Waals surface area contributed by atoms with E-state index in [9.17, 15) is 0 Å². The van der Waals surface area contributed by atoms with Crippen molar-refractivity contribution in [2.45, 2.75) is 20.8 Å². The first-order valence-electron chi connectivity index (χ1n) is 22.7. The van der Waals surface area contributed by atoms with Crippen LogP contribution in [0.5, 0.6) is 0 Å². The molecule has 0 aliphatic carbocycles. The predicted octanol–water partition coefficient (Wildman–Crippen LogP) is 18.0. The van der Waals surface area contributed by atoms with Crippen LogP contribution in [0.3, 0.4) is 0 Å². The van der Waals surface area contributed by atoms with Gasteiger partial charge >= 0.3 is 0 Å². The van der Waals surface area contributed by atoms with E-state index in [1.807, 2.05) is 0 Å². The Morgan fingerprint density at radius 2 is 0.409 bits per heavy atom. The lowest BCUT2D eigenvalue weighted by atomic mass is 9.93. The summed E-state index contributed by atoms with van der Waals surface area (Å²) in [6.45, 7) is 6.44. The zero-order valence-electron chi connectivity index (χ0n) is 37.6. The molecule has 0 aliphatic rings. The Bertz CT molecular complexity index is 2840.